The summed E-state index contributed by atoms with van der Waals surface area (Å²) in [5.74, 6) is 0. The van der Waals surface area contributed by atoms with Gasteiger partial charge in [0.05, 0.1) is 22.1 Å². The fourth-order valence-corrected chi connectivity index (χ4v) is 9.51. The maximum atomic E-state index is 2.41. The van der Waals surface area contributed by atoms with Crippen molar-refractivity contribution in [3.8, 4) is 44.8 Å². The number of rotatable bonds is 8. The molecule has 296 valence electrons. The lowest BCUT2D eigenvalue weighted by Gasteiger charge is -2.26. The molecule has 63 heavy (non-hydrogen) atoms. The predicted molar refractivity (Wildman–Crippen MR) is 266 cm³/mol. The van der Waals surface area contributed by atoms with Crippen molar-refractivity contribution in [3.63, 3.8) is 0 Å². The van der Waals surface area contributed by atoms with E-state index in [0.29, 0.717) is 0 Å². The summed E-state index contributed by atoms with van der Waals surface area (Å²) in [6.07, 6.45) is 0. The second-order valence-electron chi connectivity index (χ2n) is 16.2. The third kappa shape index (κ3) is 6.38. The van der Waals surface area contributed by atoms with Crippen molar-refractivity contribution in [1.82, 2.24) is 9.13 Å². The summed E-state index contributed by atoms with van der Waals surface area (Å²) in [6.45, 7) is 0. The molecule has 0 atom stereocenters. The van der Waals surface area contributed by atoms with E-state index in [-0.39, 0.29) is 0 Å². The molecule has 0 radical (unpaired) electrons. The Labute approximate surface area is 366 Å². The molecule has 12 rings (SSSR count). The lowest BCUT2D eigenvalue weighted by atomic mass is 10.00. The van der Waals surface area contributed by atoms with E-state index < -0.39 is 0 Å². The standard InChI is InChI=1S/C60H41N3/c1-5-15-42(16-6-1)44-25-31-50(32-26-44)61(51-33-27-45(28-34-51)43-17-7-2-8-18-43)52-35-38-60-56(41-52)55-40-47(30-37-59(55)63(60)49-21-11-4-12-22-49)46-29-36-58-54(39-46)53-23-13-14-24-57(53)62(58)48-19-9-3-10-20-48/h1-41H. The second-order valence-corrected chi connectivity index (χ2v) is 16.2. The van der Waals surface area contributed by atoms with Crippen molar-refractivity contribution >= 4 is 60.7 Å². The van der Waals surface area contributed by atoms with Crippen molar-refractivity contribution in [2.45, 2.75) is 0 Å². The maximum Gasteiger partial charge on any atom is 0.0542 e. The number of hydrogen-bond donors (Lipinski definition) is 0. The van der Waals surface area contributed by atoms with Crippen LogP contribution in [0.5, 0.6) is 0 Å². The van der Waals surface area contributed by atoms with Crippen LogP contribution >= 0.6 is 0 Å². The Bertz CT molecular complexity index is 3490. The molecular weight excluding hydrogens is 763 g/mol. The van der Waals surface area contributed by atoms with E-state index in [9.17, 15) is 0 Å². The van der Waals surface area contributed by atoms with Gasteiger partial charge >= 0.3 is 0 Å². The Balaban J connectivity index is 1.04. The molecule has 3 nitrogen and oxygen atoms in total. The largest absolute Gasteiger partial charge is 0.310 e. The molecule has 0 saturated carbocycles. The molecule has 0 N–H and O–H groups in total. The molecule has 0 aliphatic carbocycles. The topological polar surface area (TPSA) is 13.1 Å². The summed E-state index contributed by atoms with van der Waals surface area (Å²) >= 11 is 0. The van der Waals surface area contributed by atoms with E-state index in [4.69, 9.17) is 0 Å². The van der Waals surface area contributed by atoms with E-state index in [2.05, 4.69) is 263 Å². The average Bonchev–Trinajstić information content (AvgIpc) is 3.87. The summed E-state index contributed by atoms with van der Waals surface area (Å²) in [5.41, 5.74) is 17.5. The Morgan fingerprint density at radius 2 is 0.556 bits per heavy atom. The number of aromatic nitrogens is 2. The lowest BCUT2D eigenvalue weighted by Crippen LogP contribution is -2.10. The Kier molecular flexibility index (Phi) is 8.83. The zero-order chi connectivity index (χ0) is 41.7. The van der Waals surface area contributed by atoms with Crippen molar-refractivity contribution in [1.29, 1.82) is 0 Å². The lowest BCUT2D eigenvalue weighted by molar-refractivity contribution is 1.18. The van der Waals surface area contributed by atoms with Crippen LogP contribution in [0.4, 0.5) is 17.1 Å². The molecule has 12 aromatic rings. The highest BCUT2D eigenvalue weighted by Crippen LogP contribution is 2.42. The highest BCUT2D eigenvalue weighted by Gasteiger charge is 2.19. The quantitative estimate of drug-likeness (QED) is 0.149. The van der Waals surface area contributed by atoms with Crippen LogP contribution in [-0.4, -0.2) is 9.13 Å². The van der Waals surface area contributed by atoms with E-state index in [1.807, 2.05) is 0 Å². The van der Waals surface area contributed by atoms with Crippen molar-refractivity contribution in [3.05, 3.63) is 249 Å². The SMILES string of the molecule is c1ccc(-c2ccc(N(c3ccc(-c4ccccc4)cc3)c3ccc4c(c3)c3cc(-c5ccc6c(c5)c5ccccc5n6-c5ccccc5)ccc3n4-c3ccccc3)cc2)cc1. The van der Waals surface area contributed by atoms with Crippen molar-refractivity contribution in [2.24, 2.45) is 0 Å². The molecule has 0 spiro atoms. The van der Waals surface area contributed by atoms with Crippen molar-refractivity contribution < 1.29 is 0 Å². The minimum absolute atomic E-state index is 1.09. The molecule has 2 aromatic heterocycles. The fourth-order valence-electron chi connectivity index (χ4n) is 9.51. The Hall–Kier alpha value is -8.40. The van der Waals surface area contributed by atoms with Crippen LogP contribution < -0.4 is 4.90 Å². The number of para-hydroxylation sites is 3. The summed E-state index contributed by atoms with van der Waals surface area (Å²) in [7, 11) is 0. The Morgan fingerprint density at radius 3 is 1.05 bits per heavy atom. The van der Waals surface area contributed by atoms with E-state index >= 15 is 0 Å². The first kappa shape index (κ1) is 36.5. The molecular formula is C60H41N3. The van der Waals surface area contributed by atoms with E-state index in [1.165, 1.54) is 71.5 Å². The molecule has 0 amide bonds. The third-order valence-electron chi connectivity index (χ3n) is 12.5. The highest BCUT2D eigenvalue weighted by atomic mass is 15.1. The van der Waals surface area contributed by atoms with Crippen LogP contribution in [0.15, 0.2) is 249 Å². The maximum absolute atomic E-state index is 2.41. The minimum Gasteiger partial charge on any atom is -0.310 e. The van der Waals surface area contributed by atoms with Crippen LogP contribution in [0.3, 0.4) is 0 Å². The van der Waals surface area contributed by atoms with Gasteiger partial charge in [0.15, 0.2) is 0 Å². The Morgan fingerprint density at radius 1 is 0.222 bits per heavy atom. The van der Waals surface area contributed by atoms with Gasteiger partial charge in [-0.1, -0.05) is 152 Å². The van der Waals surface area contributed by atoms with E-state index in [0.717, 1.165) is 34.0 Å². The summed E-state index contributed by atoms with van der Waals surface area (Å²) in [5, 5.41) is 4.90. The molecule has 0 bridgehead atoms. The summed E-state index contributed by atoms with van der Waals surface area (Å²) in [6, 6.07) is 90.1. The zero-order valence-electron chi connectivity index (χ0n) is 34.5. The van der Waals surface area contributed by atoms with Gasteiger partial charge in [0.2, 0.25) is 0 Å². The monoisotopic (exact) mass is 803 g/mol. The number of fused-ring (bicyclic) bond motifs is 6. The van der Waals surface area contributed by atoms with Gasteiger partial charge in [0, 0.05) is 50.0 Å². The summed E-state index contributed by atoms with van der Waals surface area (Å²) < 4.78 is 4.78. The van der Waals surface area contributed by atoms with Gasteiger partial charge in [0.1, 0.15) is 0 Å². The first-order valence-corrected chi connectivity index (χ1v) is 21.6. The number of benzene rings is 10. The van der Waals surface area contributed by atoms with Gasteiger partial charge in [0.25, 0.3) is 0 Å². The smallest absolute Gasteiger partial charge is 0.0542 e. The van der Waals surface area contributed by atoms with Crippen LogP contribution in [0, 0.1) is 0 Å². The zero-order valence-corrected chi connectivity index (χ0v) is 34.5. The predicted octanol–water partition coefficient (Wildman–Crippen LogP) is 16.4. The molecule has 0 aliphatic heterocycles. The van der Waals surface area contributed by atoms with Gasteiger partial charge in [-0.25, -0.2) is 0 Å². The van der Waals surface area contributed by atoms with Gasteiger partial charge in [-0.2, -0.15) is 0 Å². The molecule has 0 fully saturated rings. The molecule has 0 unspecified atom stereocenters. The fraction of sp³-hybridized carbons (Fsp3) is 0. The van der Waals surface area contributed by atoms with Crippen LogP contribution in [0.25, 0.3) is 88.4 Å². The molecule has 0 saturated heterocycles. The molecule has 0 aliphatic rings. The van der Waals surface area contributed by atoms with Gasteiger partial charge in [-0.15, -0.1) is 0 Å². The summed E-state index contributed by atoms with van der Waals surface area (Å²) in [4.78, 5) is 2.38. The van der Waals surface area contributed by atoms with Crippen LogP contribution in [0.1, 0.15) is 0 Å². The van der Waals surface area contributed by atoms with Crippen molar-refractivity contribution in [2.75, 3.05) is 4.90 Å². The van der Waals surface area contributed by atoms with Crippen LogP contribution in [-0.2, 0) is 0 Å². The average molecular weight is 804 g/mol. The first-order chi connectivity index (χ1) is 31.2. The normalized spacial score (nSPS) is 11.5. The number of nitrogens with zero attached hydrogens (tertiary/aromatic N) is 3. The number of anilines is 3. The first-order valence-electron chi connectivity index (χ1n) is 21.6. The molecule has 3 heteroatoms. The van der Waals surface area contributed by atoms with Gasteiger partial charge in [-0.05, 0) is 130 Å². The minimum atomic E-state index is 1.09. The molecule has 2 heterocycles. The second kappa shape index (κ2) is 15.3. The third-order valence-corrected chi connectivity index (χ3v) is 12.5. The van der Waals surface area contributed by atoms with Gasteiger partial charge in [-0.3, -0.25) is 0 Å². The number of hydrogen-bond acceptors (Lipinski definition) is 1. The highest BCUT2D eigenvalue weighted by molar-refractivity contribution is 6.13. The molecule has 10 aromatic carbocycles. The van der Waals surface area contributed by atoms with E-state index in [1.54, 1.807) is 0 Å². The van der Waals surface area contributed by atoms with Gasteiger partial charge < -0.3 is 14.0 Å². The van der Waals surface area contributed by atoms with Crippen LogP contribution in [0.2, 0.25) is 0 Å².